The van der Waals surface area contributed by atoms with Crippen LogP contribution in [0.1, 0.15) is 15.9 Å². The van der Waals surface area contributed by atoms with Crippen LogP contribution < -0.4 is 5.73 Å². The van der Waals surface area contributed by atoms with Crippen LogP contribution in [0.25, 0.3) is 0 Å². The molecular formula is C14H9F4NO2. The smallest absolute Gasteiger partial charge is 0.340 e. The van der Waals surface area contributed by atoms with Gasteiger partial charge in [-0.25, -0.2) is 22.4 Å². The lowest BCUT2D eigenvalue weighted by molar-refractivity contribution is 0.0469. The van der Waals surface area contributed by atoms with Crippen molar-refractivity contribution in [1.82, 2.24) is 0 Å². The van der Waals surface area contributed by atoms with E-state index in [0.717, 1.165) is 12.1 Å². The molecule has 2 rings (SSSR count). The van der Waals surface area contributed by atoms with Gasteiger partial charge in [0.2, 0.25) is 0 Å². The van der Waals surface area contributed by atoms with E-state index in [2.05, 4.69) is 0 Å². The third-order valence-corrected chi connectivity index (χ3v) is 2.69. The van der Waals surface area contributed by atoms with E-state index in [9.17, 15) is 22.4 Å². The summed E-state index contributed by atoms with van der Waals surface area (Å²) in [5, 5.41) is 0. The van der Waals surface area contributed by atoms with E-state index in [1.54, 1.807) is 0 Å². The molecule has 0 amide bonds. The highest BCUT2D eigenvalue weighted by Crippen LogP contribution is 2.19. The SMILES string of the molecule is Nc1cc(F)c(F)cc1C(=O)OCc1ccc(F)cc1F. The fourth-order valence-corrected chi connectivity index (χ4v) is 1.60. The van der Waals surface area contributed by atoms with Crippen molar-refractivity contribution in [3.63, 3.8) is 0 Å². The zero-order valence-corrected chi connectivity index (χ0v) is 10.5. The van der Waals surface area contributed by atoms with E-state index in [0.29, 0.717) is 18.2 Å². The monoisotopic (exact) mass is 299 g/mol. The second-order valence-corrected chi connectivity index (χ2v) is 4.17. The summed E-state index contributed by atoms with van der Waals surface area (Å²) in [5.74, 6) is -5.17. The average molecular weight is 299 g/mol. The molecule has 7 heteroatoms. The number of nitrogen functional groups attached to an aromatic ring is 1. The molecule has 0 aliphatic heterocycles. The standard InChI is InChI=1S/C14H9F4NO2/c15-8-2-1-7(10(16)3-8)6-21-14(20)9-4-11(17)12(18)5-13(9)19/h1-5H,6,19H2. The number of nitrogens with two attached hydrogens (primary N) is 1. The first-order valence-electron chi connectivity index (χ1n) is 5.74. The van der Waals surface area contributed by atoms with Crippen molar-refractivity contribution in [1.29, 1.82) is 0 Å². The predicted molar refractivity (Wildman–Crippen MR) is 66.2 cm³/mol. The number of ether oxygens (including phenoxy) is 1. The molecule has 0 radical (unpaired) electrons. The Morgan fingerprint density at radius 3 is 2.33 bits per heavy atom. The molecule has 0 spiro atoms. The van der Waals surface area contributed by atoms with Crippen LogP contribution in [0.3, 0.4) is 0 Å². The van der Waals surface area contributed by atoms with Crippen molar-refractivity contribution in [2.45, 2.75) is 6.61 Å². The summed E-state index contributed by atoms with van der Waals surface area (Å²) < 4.78 is 56.7. The number of rotatable bonds is 3. The van der Waals surface area contributed by atoms with Gasteiger partial charge < -0.3 is 10.5 Å². The zero-order valence-electron chi connectivity index (χ0n) is 10.5. The third-order valence-electron chi connectivity index (χ3n) is 2.69. The van der Waals surface area contributed by atoms with Crippen molar-refractivity contribution in [3.8, 4) is 0 Å². The number of esters is 1. The maximum atomic E-state index is 13.3. The molecule has 0 bridgehead atoms. The Hall–Kier alpha value is -2.57. The maximum Gasteiger partial charge on any atom is 0.340 e. The Kier molecular flexibility index (Phi) is 4.11. The van der Waals surface area contributed by atoms with E-state index >= 15 is 0 Å². The van der Waals surface area contributed by atoms with E-state index in [1.165, 1.54) is 0 Å². The highest BCUT2D eigenvalue weighted by molar-refractivity contribution is 5.95. The summed E-state index contributed by atoms with van der Waals surface area (Å²) in [6.07, 6.45) is 0. The number of anilines is 1. The van der Waals surface area contributed by atoms with Crippen LogP contribution in [0.5, 0.6) is 0 Å². The Balaban J connectivity index is 2.13. The number of benzene rings is 2. The van der Waals surface area contributed by atoms with E-state index < -0.39 is 35.8 Å². The number of hydrogen-bond acceptors (Lipinski definition) is 3. The third kappa shape index (κ3) is 3.31. The highest BCUT2D eigenvalue weighted by atomic mass is 19.2. The summed E-state index contributed by atoms with van der Waals surface area (Å²) >= 11 is 0. The van der Waals surface area contributed by atoms with Crippen LogP contribution in [0.15, 0.2) is 30.3 Å². The van der Waals surface area contributed by atoms with Gasteiger partial charge in [0.25, 0.3) is 0 Å². The normalized spacial score (nSPS) is 10.5. The molecule has 2 aromatic rings. The molecule has 0 aliphatic rings. The first-order chi connectivity index (χ1) is 9.88. The molecule has 0 aliphatic carbocycles. The van der Waals surface area contributed by atoms with Gasteiger partial charge in [0.05, 0.1) is 5.56 Å². The minimum absolute atomic E-state index is 0.0640. The molecular weight excluding hydrogens is 290 g/mol. The predicted octanol–water partition coefficient (Wildman–Crippen LogP) is 3.18. The largest absolute Gasteiger partial charge is 0.457 e. The summed E-state index contributed by atoms with van der Waals surface area (Å²) in [6.45, 7) is -0.497. The summed E-state index contributed by atoms with van der Waals surface area (Å²) in [4.78, 5) is 11.7. The molecule has 2 N–H and O–H groups in total. The molecule has 0 atom stereocenters. The van der Waals surface area contributed by atoms with Crippen molar-refractivity contribution in [2.24, 2.45) is 0 Å². The highest BCUT2D eigenvalue weighted by Gasteiger charge is 2.16. The molecule has 0 heterocycles. The Morgan fingerprint density at radius 2 is 1.67 bits per heavy atom. The van der Waals surface area contributed by atoms with E-state index in [-0.39, 0.29) is 16.8 Å². The van der Waals surface area contributed by atoms with E-state index in [1.807, 2.05) is 0 Å². The zero-order chi connectivity index (χ0) is 15.6. The van der Waals surface area contributed by atoms with Gasteiger partial charge in [-0.3, -0.25) is 0 Å². The Bertz CT molecular complexity index is 704. The molecule has 21 heavy (non-hydrogen) atoms. The van der Waals surface area contributed by atoms with E-state index in [4.69, 9.17) is 10.5 Å². The van der Waals surface area contributed by atoms with Gasteiger partial charge in [-0.05, 0) is 18.2 Å². The van der Waals surface area contributed by atoms with Gasteiger partial charge in [-0.2, -0.15) is 0 Å². The first kappa shape index (κ1) is 14.8. The molecule has 0 saturated heterocycles. The molecule has 0 unspecified atom stereocenters. The van der Waals surface area contributed by atoms with Crippen LogP contribution in [0, 0.1) is 23.3 Å². The van der Waals surface area contributed by atoms with Crippen molar-refractivity contribution >= 4 is 11.7 Å². The summed E-state index contributed by atoms with van der Waals surface area (Å²) in [5.41, 5.74) is 4.63. The van der Waals surface area contributed by atoms with Gasteiger partial charge in [-0.1, -0.05) is 0 Å². The average Bonchev–Trinajstić information content (AvgIpc) is 2.41. The fraction of sp³-hybridized carbons (Fsp3) is 0.0714. The Labute approximate surface area is 116 Å². The molecule has 110 valence electrons. The number of carbonyl (C=O) groups excluding carboxylic acids is 1. The number of halogens is 4. The minimum Gasteiger partial charge on any atom is -0.457 e. The topological polar surface area (TPSA) is 52.3 Å². The van der Waals surface area contributed by atoms with Crippen LogP contribution in [0.2, 0.25) is 0 Å². The second-order valence-electron chi connectivity index (χ2n) is 4.17. The first-order valence-corrected chi connectivity index (χ1v) is 5.74. The lowest BCUT2D eigenvalue weighted by atomic mass is 10.1. The van der Waals surface area contributed by atoms with Gasteiger partial charge in [0.15, 0.2) is 11.6 Å². The summed E-state index contributed by atoms with van der Waals surface area (Å²) in [6, 6.07) is 3.97. The maximum absolute atomic E-state index is 13.3. The van der Waals surface area contributed by atoms with Crippen molar-refractivity contribution < 1.29 is 27.1 Å². The lowest BCUT2D eigenvalue weighted by Gasteiger charge is -2.08. The van der Waals surface area contributed by atoms with Crippen molar-refractivity contribution in [3.05, 3.63) is 64.7 Å². The van der Waals surface area contributed by atoms with Gasteiger partial charge >= 0.3 is 5.97 Å². The van der Waals surface area contributed by atoms with Crippen LogP contribution in [0.4, 0.5) is 23.2 Å². The number of carbonyl (C=O) groups is 1. The second kappa shape index (κ2) is 5.82. The van der Waals surface area contributed by atoms with Crippen LogP contribution >= 0.6 is 0 Å². The molecule has 2 aromatic carbocycles. The van der Waals surface area contributed by atoms with Crippen LogP contribution in [-0.2, 0) is 11.3 Å². The lowest BCUT2D eigenvalue weighted by Crippen LogP contribution is -2.10. The fourth-order valence-electron chi connectivity index (χ4n) is 1.60. The van der Waals surface area contributed by atoms with Crippen molar-refractivity contribution in [2.75, 3.05) is 5.73 Å². The van der Waals surface area contributed by atoms with Crippen LogP contribution in [-0.4, -0.2) is 5.97 Å². The van der Waals surface area contributed by atoms with Gasteiger partial charge in [0.1, 0.15) is 18.2 Å². The van der Waals surface area contributed by atoms with Gasteiger partial charge in [-0.15, -0.1) is 0 Å². The minimum atomic E-state index is -1.26. The quantitative estimate of drug-likeness (QED) is 0.538. The Morgan fingerprint density at radius 1 is 1.00 bits per heavy atom. The van der Waals surface area contributed by atoms with Gasteiger partial charge in [0, 0.05) is 23.4 Å². The molecule has 3 nitrogen and oxygen atoms in total. The number of hydrogen-bond donors (Lipinski definition) is 1. The molecule has 0 aromatic heterocycles. The molecule has 0 fully saturated rings. The molecule has 0 saturated carbocycles. The summed E-state index contributed by atoms with van der Waals surface area (Å²) in [7, 11) is 0.